The Morgan fingerprint density at radius 2 is 1.64 bits per heavy atom. The smallest absolute Gasteiger partial charge is 0.266 e. The summed E-state index contributed by atoms with van der Waals surface area (Å²) in [6.07, 6.45) is 2.74. The average molecular weight is 758 g/mol. The van der Waals surface area contributed by atoms with Crippen molar-refractivity contribution in [3.05, 3.63) is 58.8 Å². The third-order valence-electron chi connectivity index (χ3n) is 9.00. The number of nitrogens with zero attached hydrogens (tertiary/aromatic N) is 2. The van der Waals surface area contributed by atoms with E-state index in [0.717, 1.165) is 4.90 Å². The number of aromatic nitrogens is 1. The summed E-state index contributed by atoms with van der Waals surface area (Å²) in [7, 11) is 1.43. The fourth-order valence-electron chi connectivity index (χ4n) is 6.31. The molecule has 55 heavy (non-hydrogen) atoms. The molecule has 4 heterocycles. The molecule has 0 saturated carbocycles. The monoisotopic (exact) mass is 757 g/mol. The van der Waals surface area contributed by atoms with Crippen LogP contribution in [0, 0.1) is 11.8 Å². The van der Waals surface area contributed by atoms with Gasteiger partial charge in [-0.1, -0.05) is 17.9 Å². The molecule has 1 unspecified atom stereocenters. The molecule has 6 amide bonds. The van der Waals surface area contributed by atoms with Crippen LogP contribution in [0.5, 0.6) is 17.4 Å². The lowest BCUT2D eigenvalue weighted by molar-refractivity contribution is -0.136. The molecule has 3 aliphatic rings. The van der Waals surface area contributed by atoms with Crippen molar-refractivity contribution in [2.75, 3.05) is 60.0 Å². The molecule has 0 radical (unpaired) electrons. The highest BCUT2D eigenvalue weighted by atomic mass is 16.6. The number of ether oxygens (including phenoxy) is 6. The van der Waals surface area contributed by atoms with E-state index in [0.29, 0.717) is 35.1 Å². The van der Waals surface area contributed by atoms with E-state index in [1.54, 1.807) is 24.3 Å². The number of hydrogen-bond donors (Lipinski definition) is 3. The molecular formula is C38H39N5O12. The van der Waals surface area contributed by atoms with Gasteiger partial charge in [0.15, 0.2) is 0 Å². The summed E-state index contributed by atoms with van der Waals surface area (Å²) < 4.78 is 33.8. The summed E-state index contributed by atoms with van der Waals surface area (Å²) >= 11 is 0. The number of fused-ring (bicyclic) bond motifs is 2. The van der Waals surface area contributed by atoms with Gasteiger partial charge in [0.2, 0.25) is 23.6 Å². The number of hydrogen-bond acceptors (Lipinski definition) is 13. The van der Waals surface area contributed by atoms with E-state index in [4.69, 9.17) is 34.2 Å². The van der Waals surface area contributed by atoms with Crippen molar-refractivity contribution >= 4 is 46.2 Å². The van der Waals surface area contributed by atoms with Crippen molar-refractivity contribution < 1.29 is 57.2 Å². The molecule has 2 saturated heterocycles. The Labute approximate surface area is 315 Å². The average Bonchev–Trinajstić information content (AvgIpc) is 3.71. The van der Waals surface area contributed by atoms with Crippen LogP contribution >= 0.6 is 0 Å². The lowest BCUT2D eigenvalue weighted by Gasteiger charge is -2.27. The first-order valence-electron chi connectivity index (χ1n) is 17.6. The van der Waals surface area contributed by atoms with Crippen LogP contribution in [-0.4, -0.2) is 117 Å². The number of nitrogens with two attached hydrogens (primary N) is 1. The lowest BCUT2D eigenvalue weighted by atomic mass is 10.0. The molecule has 2 aromatic carbocycles. The minimum absolute atomic E-state index is 0.0235. The van der Waals surface area contributed by atoms with Gasteiger partial charge >= 0.3 is 0 Å². The van der Waals surface area contributed by atoms with Gasteiger partial charge in [0.05, 0.1) is 68.4 Å². The Hall–Kier alpha value is -6.09. The predicted molar refractivity (Wildman–Crippen MR) is 191 cm³/mol. The first-order valence-corrected chi connectivity index (χ1v) is 17.6. The largest absolute Gasteiger partial charge is 0.496 e. The third-order valence-corrected chi connectivity index (χ3v) is 9.00. The second-order valence-corrected chi connectivity index (χ2v) is 12.6. The van der Waals surface area contributed by atoms with E-state index in [1.165, 1.54) is 19.4 Å². The van der Waals surface area contributed by atoms with Gasteiger partial charge in [-0.15, -0.1) is 0 Å². The fourth-order valence-corrected chi connectivity index (χ4v) is 6.31. The van der Waals surface area contributed by atoms with Crippen LogP contribution in [0.15, 0.2) is 36.5 Å². The van der Waals surface area contributed by atoms with Gasteiger partial charge in [-0.25, -0.2) is 4.98 Å². The van der Waals surface area contributed by atoms with Crippen LogP contribution in [0.2, 0.25) is 0 Å². The van der Waals surface area contributed by atoms with Gasteiger partial charge in [0, 0.05) is 29.8 Å². The SMILES string of the molecule is COc1cc2c(OC[C@@H]3CCC(=O)N3)ncc(C#CCOCCOCCOCCOc3cccc4c3C(=O)N(C3CCC(=O)NC3=O)C4=O)c2cc1C(N)=O. The first-order chi connectivity index (χ1) is 26.7. The second kappa shape index (κ2) is 17.8. The maximum atomic E-state index is 13.2. The number of imide groups is 2. The van der Waals surface area contributed by atoms with E-state index >= 15 is 0 Å². The van der Waals surface area contributed by atoms with E-state index in [2.05, 4.69) is 27.5 Å². The molecule has 2 atom stereocenters. The van der Waals surface area contributed by atoms with Gasteiger partial charge in [0.25, 0.3) is 17.7 Å². The zero-order valence-corrected chi connectivity index (χ0v) is 30.0. The summed E-state index contributed by atoms with van der Waals surface area (Å²) in [6.45, 7) is 1.72. The van der Waals surface area contributed by atoms with Crippen LogP contribution in [0.3, 0.4) is 0 Å². The van der Waals surface area contributed by atoms with Gasteiger partial charge in [-0.3, -0.25) is 39.0 Å². The number of carbonyl (C=O) groups is 6. The second-order valence-electron chi connectivity index (χ2n) is 12.6. The van der Waals surface area contributed by atoms with E-state index in [1.807, 2.05) is 0 Å². The van der Waals surface area contributed by atoms with Crippen molar-refractivity contribution in [1.29, 1.82) is 0 Å². The highest BCUT2D eigenvalue weighted by molar-refractivity contribution is 6.24. The molecule has 0 bridgehead atoms. The van der Waals surface area contributed by atoms with Crippen LogP contribution in [-0.2, 0) is 28.6 Å². The maximum Gasteiger partial charge on any atom is 0.266 e. The third kappa shape index (κ3) is 9.00. The minimum atomic E-state index is -1.06. The van der Waals surface area contributed by atoms with Crippen LogP contribution in [0.1, 0.15) is 62.3 Å². The molecule has 3 aromatic rings. The highest BCUT2D eigenvalue weighted by Gasteiger charge is 2.46. The summed E-state index contributed by atoms with van der Waals surface area (Å²) in [5.41, 5.74) is 6.50. The highest BCUT2D eigenvalue weighted by Crippen LogP contribution is 2.34. The van der Waals surface area contributed by atoms with Gasteiger partial charge in [-0.2, -0.15) is 0 Å². The van der Waals surface area contributed by atoms with Crippen molar-refractivity contribution in [2.45, 2.75) is 37.8 Å². The molecule has 4 N–H and O–H groups in total. The van der Waals surface area contributed by atoms with Gasteiger partial charge in [-0.05, 0) is 37.1 Å². The molecule has 0 spiro atoms. The number of pyridine rings is 1. The Balaban J connectivity index is 0.910. The first kappa shape index (κ1) is 38.6. The molecule has 6 rings (SSSR count). The molecule has 288 valence electrons. The number of piperidine rings is 1. The van der Waals surface area contributed by atoms with E-state index in [-0.39, 0.29) is 106 Å². The summed E-state index contributed by atoms with van der Waals surface area (Å²) in [5.74, 6) is 3.65. The summed E-state index contributed by atoms with van der Waals surface area (Å²) in [4.78, 5) is 79.0. The Bertz CT molecular complexity index is 2080. The van der Waals surface area contributed by atoms with Crippen LogP contribution in [0.4, 0.5) is 0 Å². The molecule has 0 aliphatic carbocycles. The Morgan fingerprint density at radius 1 is 0.891 bits per heavy atom. The number of nitrogens with one attached hydrogen (secondary N) is 2. The molecular weight excluding hydrogens is 718 g/mol. The van der Waals surface area contributed by atoms with Crippen molar-refractivity contribution in [1.82, 2.24) is 20.5 Å². The number of rotatable bonds is 17. The number of methoxy groups -OCH3 is 1. The molecule has 1 aromatic heterocycles. The number of amides is 6. The number of carbonyl (C=O) groups excluding carboxylic acids is 6. The van der Waals surface area contributed by atoms with Gasteiger partial charge < -0.3 is 39.5 Å². The fraction of sp³-hybridized carbons (Fsp3) is 0.395. The number of benzene rings is 2. The summed E-state index contributed by atoms with van der Waals surface area (Å²) in [6, 6.07) is 6.67. The van der Waals surface area contributed by atoms with Crippen molar-refractivity contribution in [3.8, 4) is 29.2 Å². The maximum absolute atomic E-state index is 13.2. The topological polar surface area (TPSA) is 224 Å². The zero-order valence-electron chi connectivity index (χ0n) is 30.0. The van der Waals surface area contributed by atoms with Crippen LogP contribution < -0.4 is 30.6 Å². The number of primary amides is 1. The molecule has 3 aliphatic heterocycles. The van der Waals surface area contributed by atoms with Crippen molar-refractivity contribution in [2.24, 2.45) is 5.73 Å². The van der Waals surface area contributed by atoms with Crippen molar-refractivity contribution in [3.63, 3.8) is 0 Å². The lowest BCUT2D eigenvalue weighted by Crippen LogP contribution is -2.54. The van der Waals surface area contributed by atoms with Gasteiger partial charge in [0.1, 0.15) is 37.4 Å². The quantitative estimate of drug-likeness (QED) is 0.0990. The summed E-state index contributed by atoms with van der Waals surface area (Å²) in [5, 5.41) is 6.18. The molecule has 17 nitrogen and oxygen atoms in total. The minimum Gasteiger partial charge on any atom is -0.496 e. The van der Waals surface area contributed by atoms with E-state index in [9.17, 15) is 28.8 Å². The predicted octanol–water partition coefficient (Wildman–Crippen LogP) is 0.881. The van der Waals surface area contributed by atoms with Crippen LogP contribution in [0.25, 0.3) is 10.8 Å². The van der Waals surface area contributed by atoms with E-state index < -0.39 is 35.6 Å². The molecule has 17 heteroatoms. The Kier molecular flexibility index (Phi) is 12.5. The zero-order chi connectivity index (χ0) is 38.9. The standard InChI is InChI=1S/C38H39N5O12/c1-50-30-19-26-25(18-27(30)34(39)46)22(20-40-36(26)55-21-23-7-9-31(44)41-23)4-3-11-51-12-13-52-14-15-53-16-17-54-29-6-2-5-24-33(29)38(49)43(37(24)48)28-8-10-32(45)42-35(28)47/h2,5-6,18-20,23,28H,7-17,21H2,1H3,(H2,39,46)(H,41,44)(H,42,45,47)/t23-,28?/m0/s1. The normalized spacial score (nSPS) is 17.8. The molecule has 2 fully saturated rings. The Morgan fingerprint density at radius 3 is 2.35 bits per heavy atom.